The lowest BCUT2D eigenvalue weighted by Gasteiger charge is -2.09. The van der Waals surface area contributed by atoms with Crippen LogP contribution in [0.3, 0.4) is 0 Å². The van der Waals surface area contributed by atoms with Crippen LogP contribution in [0.5, 0.6) is 0 Å². The van der Waals surface area contributed by atoms with Gasteiger partial charge in [-0.05, 0) is 25.1 Å². The summed E-state index contributed by atoms with van der Waals surface area (Å²) in [6.45, 7) is 1.71. The van der Waals surface area contributed by atoms with Crippen LogP contribution in [0.2, 0.25) is 0 Å². The largest absolute Gasteiger partial charge is 0.394 e. The third kappa shape index (κ3) is 2.64. The van der Waals surface area contributed by atoms with Gasteiger partial charge >= 0.3 is 0 Å². The van der Waals surface area contributed by atoms with E-state index in [0.29, 0.717) is 5.82 Å². The minimum atomic E-state index is -0.546. The van der Waals surface area contributed by atoms with Crippen molar-refractivity contribution in [3.05, 3.63) is 42.1 Å². The molecule has 17 heavy (non-hydrogen) atoms. The van der Waals surface area contributed by atoms with E-state index in [9.17, 15) is 0 Å². The number of pyridine rings is 1. The van der Waals surface area contributed by atoms with Crippen LogP contribution < -0.4 is 5.73 Å². The number of rotatable bonds is 3. The average Bonchev–Trinajstić information content (AvgIpc) is 2.38. The Labute approximate surface area is 99.4 Å². The van der Waals surface area contributed by atoms with E-state index in [4.69, 9.17) is 10.8 Å². The predicted octanol–water partition coefficient (Wildman–Crippen LogP) is 0.839. The third-order valence-electron chi connectivity index (χ3n) is 2.38. The molecule has 0 saturated carbocycles. The summed E-state index contributed by atoms with van der Waals surface area (Å²) < 4.78 is 0. The van der Waals surface area contributed by atoms with Crippen molar-refractivity contribution in [2.75, 3.05) is 6.61 Å². The van der Waals surface area contributed by atoms with Crippen molar-refractivity contribution >= 4 is 0 Å². The Kier molecular flexibility index (Phi) is 3.41. The van der Waals surface area contributed by atoms with Gasteiger partial charge in [0.2, 0.25) is 0 Å². The number of nitrogens with zero attached hydrogens (tertiary/aromatic N) is 3. The predicted molar refractivity (Wildman–Crippen MR) is 64.0 cm³/mol. The van der Waals surface area contributed by atoms with Crippen molar-refractivity contribution in [3.63, 3.8) is 0 Å². The third-order valence-corrected chi connectivity index (χ3v) is 2.38. The minimum Gasteiger partial charge on any atom is -0.394 e. The van der Waals surface area contributed by atoms with Crippen molar-refractivity contribution in [1.82, 2.24) is 15.0 Å². The lowest BCUT2D eigenvalue weighted by molar-refractivity contribution is 0.263. The highest BCUT2D eigenvalue weighted by atomic mass is 16.3. The summed E-state index contributed by atoms with van der Waals surface area (Å²) in [5.74, 6) is 0.458. The molecule has 2 aromatic rings. The molecule has 2 aromatic heterocycles. The topological polar surface area (TPSA) is 84.9 Å². The number of nitrogens with two attached hydrogens (primary N) is 1. The van der Waals surface area contributed by atoms with Crippen molar-refractivity contribution < 1.29 is 5.11 Å². The highest BCUT2D eigenvalue weighted by Crippen LogP contribution is 2.18. The van der Waals surface area contributed by atoms with E-state index in [1.54, 1.807) is 12.4 Å². The maximum Gasteiger partial charge on any atom is 0.148 e. The fourth-order valence-corrected chi connectivity index (χ4v) is 1.51. The van der Waals surface area contributed by atoms with Crippen molar-refractivity contribution in [2.45, 2.75) is 13.0 Å². The quantitative estimate of drug-likeness (QED) is 0.816. The van der Waals surface area contributed by atoms with Crippen LogP contribution in [0.25, 0.3) is 11.3 Å². The summed E-state index contributed by atoms with van der Waals surface area (Å²) in [6.07, 6.45) is 3.41. The zero-order valence-corrected chi connectivity index (χ0v) is 9.54. The first-order valence-corrected chi connectivity index (χ1v) is 5.33. The van der Waals surface area contributed by atoms with Gasteiger partial charge in [0.1, 0.15) is 5.82 Å². The summed E-state index contributed by atoms with van der Waals surface area (Å²) in [6, 6.07) is 5.07. The molecule has 0 bridgehead atoms. The monoisotopic (exact) mass is 230 g/mol. The number of aliphatic hydroxyl groups excluding tert-OH is 1. The Bertz CT molecular complexity index is 501. The Morgan fingerprint density at radius 2 is 2.00 bits per heavy atom. The number of aryl methyl sites for hydroxylation is 1. The highest BCUT2D eigenvalue weighted by molar-refractivity contribution is 5.58. The maximum absolute atomic E-state index is 9.03. The van der Waals surface area contributed by atoms with Crippen molar-refractivity contribution in [1.29, 1.82) is 0 Å². The highest BCUT2D eigenvalue weighted by Gasteiger charge is 2.10. The van der Waals surface area contributed by atoms with Gasteiger partial charge < -0.3 is 10.8 Å². The van der Waals surface area contributed by atoms with Crippen LogP contribution >= 0.6 is 0 Å². The molecule has 5 nitrogen and oxygen atoms in total. The maximum atomic E-state index is 9.03. The fraction of sp³-hybridized carbons (Fsp3) is 0.250. The molecule has 0 spiro atoms. The first-order valence-electron chi connectivity index (χ1n) is 5.33. The number of aliphatic hydroxyl groups is 1. The van der Waals surface area contributed by atoms with Crippen LogP contribution in [0, 0.1) is 6.92 Å². The zero-order chi connectivity index (χ0) is 12.3. The molecule has 2 heterocycles. The molecule has 0 saturated heterocycles. The molecule has 88 valence electrons. The molecular formula is C12H14N4O. The van der Waals surface area contributed by atoms with Crippen LogP contribution in [0.4, 0.5) is 0 Å². The number of hydrogen-bond donors (Lipinski definition) is 2. The molecule has 0 aromatic carbocycles. The first-order chi connectivity index (χ1) is 8.20. The molecule has 0 amide bonds. The van der Waals surface area contributed by atoms with E-state index < -0.39 is 6.04 Å². The average molecular weight is 230 g/mol. The molecule has 0 aliphatic rings. The van der Waals surface area contributed by atoms with Gasteiger partial charge in [0.25, 0.3) is 0 Å². The molecule has 0 fully saturated rings. The van der Waals surface area contributed by atoms with Crippen LogP contribution in [-0.2, 0) is 0 Å². The summed E-state index contributed by atoms with van der Waals surface area (Å²) >= 11 is 0. The number of hydrogen-bond acceptors (Lipinski definition) is 5. The second-order valence-corrected chi connectivity index (χ2v) is 3.78. The fourth-order valence-electron chi connectivity index (χ4n) is 1.51. The zero-order valence-electron chi connectivity index (χ0n) is 9.54. The van der Waals surface area contributed by atoms with E-state index in [1.165, 1.54) is 0 Å². The Morgan fingerprint density at radius 1 is 1.29 bits per heavy atom. The lowest BCUT2D eigenvalue weighted by atomic mass is 10.1. The molecule has 3 N–H and O–H groups in total. The lowest BCUT2D eigenvalue weighted by Crippen LogP contribution is -2.18. The normalized spacial score (nSPS) is 12.4. The van der Waals surface area contributed by atoms with E-state index in [1.807, 2.05) is 25.1 Å². The van der Waals surface area contributed by atoms with Gasteiger partial charge in [-0.2, -0.15) is 0 Å². The standard InChI is InChI=1S/C12H14N4O/c1-8-6-11(9-2-4-14-5-3-9)16-12(15-8)10(13)7-17/h2-6,10,17H,7,13H2,1H3. The molecule has 1 atom stereocenters. The van der Waals surface area contributed by atoms with E-state index in [2.05, 4.69) is 15.0 Å². The number of aromatic nitrogens is 3. The summed E-state index contributed by atoms with van der Waals surface area (Å²) in [5.41, 5.74) is 8.29. The molecule has 2 rings (SSSR count). The Morgan fingerprint density at radius 3 is 2.65 bits per heavy atom. The second kappa shape index (κ2) is 4.99. The summed E-state index contributed by atoms with van der Waals surface area (Å²) in [4.78, 5) is 12.5. The van der Waals surface area contributed by atoms with Gasteiger partial charge in [0, 0.05) is 23.7 Å². The van der Waals surface area contributed by atoms with Crippen molar-refractivity contribution in [3.8, 4) is 11.3 Å². The van der Waals surface area contributed by atoms with Gasteiger partial charge in [-0.25, -0.2) is 9.97 Å². The molecule has 0 radical (unpaired) electrons. The molecule has 0 aliphatic heterocycles. The van der Waals surface area contributed by atoms with Gasteiger partial charge in [0.05, 0.1) is 18.3 Å². The van der Waals surface area contributed by atoms with Gasteiger partial charge in [-0.1, -0.05) is 0 Å². The van der Waals surface area contributed by atoms with E-state index in [-0.39, 0.29) is 6.61 Å². The van der Waals surface area contributed by atoms with E-state index >= 15 is 0 Å². The van der Waals surface area contributed by atoms with Crippen molar-refractivity contribution in [2.24, 2.45) is 5.73 Å². The molecule has 5 heteroatoms. The van der Waals surface area contributed by atoms with Crippen LogP contribution in [-0.4, -0.2) is 26.7 Å². The van der Waals surface area contributed by atoms with E-state index in [0.717, 1.165) is 17.0 Å². The Hall–Kier alpha value is -1.85. The SMILES string of the molecule is Cc1cc(-c2ccncc2)nc(C(N)CO)n1. The first kappa shape index (κ1) is 11.6. The summed E-state index contributed by atoms with van der Waals surface area (Å²) in [5, 5.41) is 9.03. The smallest absolute Gasteiger partial charge is 0.148 e. The summed E-state index contributed by atoms with van der Waals surface area (Å²) in [7, 11) is 0. The Balaban J connectivity index is 2.45. The van der Waals surface area contributed by atoms with Crippen LogP contribution in [0.15, 0.2) is 30.6 Å². The molecule has 1 unspecified atom stereocenters. The van der Waals surface area contributed by atoms with Gasteiger partial charge in [-0.3, -0.25) is 4.98 Å². The minimum absolute atomic E-state index is 0.167. The van der Waals surface area contributed by atoms with Crippen LogP contribution in [0.1, 0.15) is 17.6 Å². The molecule has 0 aliphatic carbocycles. The van der Waals surface area contributed by atoms with Gasteiger partial charge in [-0.15, -0.1) is 0 Å². The second-order valence-electron chi connectivity index (χ2n) is 3.78. The van der Waals surface area contributed by atoms with Gasteiger partial charge in [0.15, 0.2) is 0 Å². The molecular weight excluding hydrogens is 216 g/mol.